The number of hydrogen-bond donors (Lipinski definition) is 0. The van der Waals surface area contributed by atoms with Gasteiger partial charge in [0.05, 0.1) is 0 Å². The first-order valence-corrected chi connectivity index (χ1v) is 5.57. The summed E-state index contributed by atoms with van der Waals surface area (Å²) < 4.78 is 0. The third kappa shape index (κ3) is 2.98. The highest BCUT2D eigenvalue weighted by atomic mass is 15.1. The van der Waals surface area contributed by atoms with Gasteiger partial charge in [0.2, 0.25) is 0 Å². The molecule has 0 bridgehead atoms. The molecule has 0 radical (unpaired) electrons. The Labute approximate surface area is 83.5 Å². The monoisotopic (exact) mass is 183 g/mol. The number of rotatable bonds is 1. The van der Waals surface area contributed by atoms with Crippen molar-refractivity contribution in [2.24, 2.45) is 11.3 Å². The lowest BCUT2D eigenvalue weighted by molar-refractivity contribution is 0.112. The van der Waals surface area contributed by atoms with Gasteiger partial charge in [0.1, 0.15) is 0 Å². The van der Waals surface area contributed by atoms with E-state index in [2.05, 4.69) is 39.8 Å². The SMILES string of the molecule is CN(C)C1CCCC(C(C)(C)C)C1. The standard InChI is InChI=1S/C12H25N/c1-12(2,3)10-7-6-8-11(9-10)13(4)5/h10-11H,6-9H2,1-5H3. The first-order chi connectivity index (χ1) is 5.91. The molecule has 1 nitrogen and oxygen atoms in total. The van der Waals surface area contributed by atoms with Gasteiger partial charge in [-0.05, 0) is 44.7 Å². The van der Waals surface area contributed by atoms with Crippen LogP contribution in [0.3, 0.4) is 0 Å². The molecule has 0 heterocycles. The summed E-state index contributed by atoms with van der Waals surface area (Å²) in [5, 5.41) is 0. The first-order valence-electron chi connectivity index (χ1n) is 5.57. The van der Waals surface area contributed by atoms with Gasteiger partial charge in [0.25, 0.3) is 0 Å². The van der Waals surface area contributed by atoms with Crippen molar-refractivity contribution >= 4 is 0 Å². The molecule has 0 aromatic carbocycles. The van der Waals surface area contributed by atoms with Crippen LogP contribution in [0.4, 0.5) is 0 Å². The lowest BCUT2D eigenvalue weighted by Gasteiger charge is -2.40. The molecule has 0 saturated heterocycles. The van der Waals surface area contributed by atoms with Gasteiger partial charge >= 0.3 is 0 Å². The molecule has 78 valence electrons. The van der Waals surface area contributed by atoms with E-state index in [1.165, 1.54) is 25.7 Å². The van der Waals surface area contributed by atoms with Gasteiger partial charge in [-0.15, -0.1) is 0 Å². The molecule has 0 aromatic rings. The van der Waals surface area contributed by atoms with Crippen LogP contribution < -0.4 is 0 Å². The molecule has 1 aliphatic carbocycles. The normalized spacial score (nSPS) is 30.9. The zero-order chi connectivity index (χ0) is 10.1. The summed E-state index contributed by atoms with van der Waals surface area (Å²) >= 11 is 0. The molecule has 1 rings (SSSR count). The molecule has 1 fully saturated rings. The molecule has 0 spiro atoms. The van der Waals surface area contributed by atoms with Gasteiger partial charge in [-0.25, -0.2) is 0 Å². The predicted octanol–water partition coefficient (Wildman–Crippen LogP) is 3.15. The summed E-state index contributed by atoms with van der Waals surface area (Å²) in [6.07, 6.45) is 5.66. The van der Waals surface area contributed by atoms with E-state index in [4.69, 9.17) is 0 Å². The van der Waals surface area contributed by atoms with Crippen molar-refractivity contribution in [2.45, 2.75) is 52.5 Å². The highest BCUT2D eigenvalue weighted by Crippen LogP contribution is 2.38. The van der Waals surface area contributed by atoms with Crippen molar-refractivity contribution in [2.75, 3.05) is 14.1 Å². The minimum atomic E-state index is 0.509. The molecule has 0 aromatic heterocycles. The Bertz CT molecular complexity index is 155. The predicted molar refractivity (Wildman–Crippen MR) is 58.9 cm³/mol. The van der Waals surface area contributed by atoms with Crippen LogP contribution in [-0.4, -0.2) is 25.0 Å². The molecule has 0 amide bonds. The quantitative estimate of drug-likeness (QED) is 0.603. The van der Waals surface area contributed by atoms with Crippen molar-refractivity contribution in [1.29, 1.82) is 0 Å². The Morgan fingerprint density at radius 3 is 2.15 bits per heavy atom. The lowest BCUT2D eigenvalue weighted by Crippen LogP contribution is -2.37. The molecule has 0 N–H and O–H groups in total. The van der Waals surface area contributed by atoms with Crippen molar-refractivity contribution < 1.29 is 0 Å². The van der Waals surface area contributed by atoms with E-state index >= 15 is 0 Å². The number of hydrogen-bond acceptors (Lipinski definition) is 1. The summed E-state index contributed by atoms with van der Waals surface area (Å²) in [5.41, 5.74) is 0.509. The summed E-state index contributed by atoms with van der Waals surface area (Å²) in [6.45, 7) is 7.15. The maximum Gasteiger partial charge on any atom is 0.00920 e. The molecular formula is C12H25N. The minimum Gasteiger partial charge on any atom is -0.306 e. The molecule has 2 unspecified atom stereocenters. The Morgan fingerprint density at radius 1 is 1.08 bits per heavy atom. The van der Waals surface area contributed by atoms with Gasteiger partial charge < -0.3 is 4.90 Å². The van der Waals surface area contributed by atoms with Gasteiger partial charge in [-0.3, -0.25) is 0 Å². The summed E-state index contributed by atoms with van der Waals surface area (Å²) in [5.74, 6) is 0.925. The molecule has 0 aliphatic heterocycles. The van der Waals surface area contributed by atoms with Crippen LogP contribution in [0.1, 0.15) is 46.5 Å². The maximum absolute atomic E-state index is 2.40. The molecule has 1 saturated carbocycles. The van der Waals surface area contributed by atoms with Crippen LogP contribution in [0.25, 0.3) is 0 Å². The van der Waals surface area contributed by atoms with Crippen molar-refractivity contribution in [3.63, 3.8) is 0 Å². The molecule has 2 atom stereocenters. The number of nitrogens with zero attached hydrogens (tertiary/aromatic N) is 1. The average Bonchev–Trinajstić information content (AvgIpc) is 2.03. The summed E-state index contributed by atoms with van der Waals surface area (Å²) in [6, 6.07) is 0.831. The van der Waals surface area contributed by atoms with Gasteiger partial charge in [-0.2, -0.15) is 0 Å². The van der Waals surface area contributed by atoms with Crippen molar-refractivity contribution in [3.05, 3.63) is 0 Å². The topological polar surface area (TPSA) is 3.24 Å². The Hall–Kier alpha value is -0.0400. The minimum absolute atomic E-state index is 0.509. The highest BCUT2D eigenvalue weighted by Gasteiger charge is 2.31. The fourth-order valence-corrected chi connectivity index (χ4v) is 2.42. The molecule has 1 heteroatoms. The zero-order valence-electron chi connectivity index (χ0n) is 9.93. The van der Waals surface area contributed by atoms with Crippen LogP contribution in [0.15, 0.2) is 0 Å². The second-order valence-corrected chi connectivity index (χ2v) is 5.85. The average molecular weight is 183 g/mol. The van der Waals surface area contributed by atoms with E-state index in [0.29, 0.717) is 5.41 Å². The lowest BCUT2D eigenvalue weighted by atomic mass is 9.71. The van der Waals surface area contributed by atoms with Gasteiger partial charge in [-0.1, -0.05) is 27.2 Å². The summed E-state index contributed by atoms with van der Waals surface area (Å²) in [7, 11) is 4.44. The van der Waals surface area contributed by atoms with E-state index in [1.54, 1.807) is 0 Å². The fraction of sp³-hybridized carbons (Fsp3) is 1.00. The Kier molecular flexibility index (Phi) is 3.39. The highest BCUT2D eigenvalue weighted by molar-refractivity contribution is 4.84. The fourth-order valence-electron chi connectivity index (χ4n) is 2.42. The van der Waals surface area contributed by atoms with Crippen LogP contribution >= 0.6 is 0 Å². The Morgan fingerprint density at radius 2 is 1.69 bits per heavy atom. The van der Waals surface area contributed by atoms with Crippen LogP contribution in [-0.2, 0) is 0 Å². The molecular weight excluding hydrogens is 158 g/mol. The maximum atomic E-state index is 2.40. The van der Waals surface area contributed by atoms with Gasteiger partial charge in [0, 0.05) is 6.04 Å². The second-order valence-electron chi connectivity index (χ2n) is 5.85. The van der Waals surface area contributed by atoms with Crippen LogP contribution in [0.2, 0.25) is 0 Å². The third-order valence-corrected chi connectivity index (χ3v) is 3.60. The summed E-state index contributed by atoms with van der Waals surface area (Å²) in [4.78, 5) is 2.40. The van der Waals surface area contributed by atoms with Crippen molar-refractivity contribution in [3.8, 4) is 0 Å². The van der Waals surface area contributed by atoms with E-state index in [0.717, 1.165) is 12.0 Å². The third-order valence-electron chi connectivity index (χ3n) is 3.60. The molecule has 1 aliphatic rings. The van der Waals surface area contributed by atoms with Crippen LogP contribution in [0.5, 0.6) is 0 Å². The van der Waals surface area contributed by atoms with Crippen LogP contribution in [0, 0.1) is 11.3 Å². The largest absolute Gasteiger partial charge is 0.306 e. The van der Waals surface area contributed by atoms with E-state index in [-0.39, 0.29) is 0 Å². The first kappa shape index (κ1) is 11.0. The van der Waals surface area contributed by atoms with E-state index in [9.17, 15) is 0 Å². The van der Waals surface area contributed by atoms with Crippen molar-refractivity contribution in [1.82, 2.24) is 4.90 Å². The van der Waals surface area contributed by atoms with E-state index < -0.39 is 0 Å². The Balaban J connectivity index is 2.52. The second kappa shape index (κ2) is 4.00. The van der Waals surface area contributed by atoms with Gasteiger partial charge in [0.15, 0.2) is 0 Å². The zero-order valence-corrected chi connectivity index (χ0v) is 9.93. The van der Waals surface area contributed by atoms with E-state index in [1.807, 2.05) is 0 Å². The smallest absolute Gasteiger partial charge is 0.00920 e. The molecule has 13 heavy (non-hydrogen) atoms.